The van der Waals surface area contributed by atoms with E-state index in [2.05, 4.69) is 40.8 Å². The van der Waals surface area contributed by atoms with Crippen molar-refractivity contribution in [2.75, 3.05) is 30.8 Å². The molecule has 1 aliphatic heterocycles. The van der Waals surface area contributed by atoms with Gasteiger partial charge in [-0.05, 0) is 6.07 Å². The van der Waals surface area contributed by atoms with Crippen LogP contribution in [-0.4, -0.2) is 60.9 Å². The number of ether oxygens (including phenoxy) is 1. The predicted octanol–water partition coefficient (Wildman–Crippen LogP) is 1.11. The molecule has 0 atom stereocenters. The number of aromatic amines is 1. The second-order valence-corrected chi connectivity index (χ2v) is 7.50. The first-order chi connectivity index (χ1) is 15.5. The Morgan fingerprint density at radius 3 is 2.88 bits per heavy atom. The average Bonchev–Trinajstić information content (AvgIpc) is 3.42. The summed E-state index contributed by atoms with van der Waals surface area (Å²) in [5.41, 5.74) is 7.85. The van der Waals surface area contributed by atoms with Gasteiger partial charge < -0.3 is 20.4 Å². The first-order valence-electron chi connectivity index (χ1n) is 9.71. The first kappa shape index (κ1) is 19.4. The second kappa shape index (κ2) is 7.31. The number of aromatic nitrogens is 7. The van der Waals surface area contributed by atoms with Gasteiger partial charge in [0.2, 0.25) is 0 Å². The number of methoxy groups -OCH3 is 1. The number of fused-ring (bicyclic) bond motifs is 1. The lowest BCUT2D eigenvalue weighted by molar-refractivity contribution is 0.0593. The topological polar surface area (TPSA) is 165 Å². The Hall–Kier alpha value is -4.53. The molecule has 0 spiro atoms. The van der Waals surface area contributed by atoms with Crippen LogP contribution in [0.25, 0.3) is 22.3 Å². The van der Waals surface area contributed by atoms with Crippen molar-refractivity contribution in [3.8, 4) is 17.3 Å². The Balaban J connectivity index is 1.44. The molecule has 0 unspecified atom stereocenters. The molecule has 5 rings (SSSR count). The Morgan fingerprint density at radius 1 is 1.31 bits per heavy atom. The number of hydrogen-bond donors (Lipinski definition) is 2. The summed E-state index contributed by atoms with van der Waals surface area (Å²) in [7, 11) is 1.29. The summed E-state index contributed by atoms with van der Waals surface area (Å²) >= 11 is 0. The molecule has 1 fully saturated rings. The third kappa shape index (κ3) is 2.99. The van der Waals surface area contributed by atoms with Crippen molar-refractivity contribution < 1.29 is 9.53 Å². The van der Waals surface area contributed by atoms with Crippen LogP contribution in [0.15, 0.2) is 37.2 Å². The van der Waals surface area contributed by atoms with Crippen LogP contribution in [0.1, 0.15) is 16.9 Å². The molecular weight excluding hydrogens is 412 g/mol. The maximum atomic E-state index is 11.6. The monoisotopic (exact) mass is 430 g/mol. The minimum Gasteiger partial charge on any atom is -0.464 e. The van der Waals surface area contributed by atoms with Crippen molar-refractivity contribution in [2.24, 2.45) is 0 Å². The minimum atomic E-state index is -0.575. The molecular formula is C20H18N10O2. The van der Waals surface area contributed by atoms with Gasteiger partial charge in [0.05, 0.1) is 43.3 Å². The largest absolute Gasteiger partial charge is 0.464 e. The zero-order chi connectivity index (χ0) is 22.3. The first-order valence-corrected chi connectivity index (χ1v) is 9.71. The third-order valence-electron chi connectivity index (χ3n) is 5.57. The Bertz CT molecular complexity index is 1340. The number of nitrogens with one attached hydrogen (secondary N) is 1. The van der Waals surface area contributed by atoms with Gasteiger partial charge in [-0.2, -0.15) is 10.4 Å². The van der Waals surface area contributed by atoms with Gasteiger partial charge in [-0.3, -0.25) is 4.68 Å². The Kier molecular flexibility index (Phi) is 4.44. The number of esters is 1. The predicted molar refractivity (Wildman–Crippen MR) is 113 cm³/mol. The van der Waals surface area contributed by atoms with E-state index >= 15 is 0 Å². The molecule has 4 aromatic rings. The minimum absolute atomic E-state index is 0.130. The molecule has 0 aliphatic carbocycles. The van der Waals surface area contributed by atoms with Gasteiger partial charge in [-0.15, -0.1) is 0 Å². The summed E-state index contributed by atoms with van der Waals surface area (Å²) in [6.45, 7) is 0.966. The van der Waals surface area contributed by atoms with Crippen LogP contribution < -0.4 is 10.6 Å². The maximum Gasteiger partial charge on any atom is 0.358 e. The molecule has 12 nitrogen and oxygen atoms in total. The second-order valence-electron chi connectivity index (χ2n) is 7.50. The number of nitrogens with two attached hydrogens (primary N) is 1. The number of rotatable bonds is 5. The van der Waals surface area contributed by atoms with Crippen molar-refractivity contribution in [3.63, 3.8) is 0 Å². The fourth-order valence-corrected chi connectivity index (χ4v) is 3.91. The molecule has 1 aliphatic rings. The lowest BCUT2D eigenvalue weighted by Crippen LogP contribution is -2.63. The summed E-state index contributed by atoms with van der Waals surface area (Å²) in [5, 5.41) is 14.8. The molecule has 5 heterocycles. The van der Waals surface area contributed by atoms with Crippen LogP contribution >= 0.6 is 0 Å². The molecule has 3 N–H and O–H groups in total. The maximum absolute atomic E-state index is 11.6. The summed E-state index contributed by atoms with van der Waals surface area (Å²) in [6.07, 6.45) is 8.20. The summed E-state index contributed by atoms with van der Waals surface area (Å²) in [4.78, 5) is 33.6. The van der Waals surface area contributed by atoms with E-state index in [1.54, 1.807) is 10.9 Å². The zero-order valence-electron chi connectivity index (χ0n) is 17.1. The van der Waals surface area contributed by atoms with E-state index in [0.717, 1.165) is 5.39 Å². The van der Waals surface area contributed by atoms with Gasteiger partial charge in [0, 0.05) is 30.9 Å². The molecule has 0 saturated carbocycles. The van der Waals surface area contributed by atoms with Gasteiger partial charge in [-0.1, -0.05) is 0 Å². The number of nitriles is 1. The normalized spacial score (nSPS) is 14.7. The zero-order valence-corrected chi connectivity index (χ0v) is 17.1. The SMILES string of the molecule is COC(=O)c1cnc(N2CC(CC#N)(n3cc(-c4ncnc5[nH]ccc45)c(N)n3)C2)cn1. The molecule has 160 valence electrons. The number of anilines is 2. The average molecular weight is 430 g/mol. The van der Waals surface area contributed by atoms with Crippen LogP contribution in [0.4, 0.5) is 11.6 Å². The number of nitrogens with zero attached hydrogens (tertiary/aromatic N) is 8. The van der Waals surface area contributed by atoms with Crippen molar-refractivity contribution in [3.05, 3.63) is 42.9 Å². The van der Waals surface area contributed by atoms with E-state index in [1.165, 1.54) is 25.8 Å². The van der Waals surface area contributed by atoms with E-state index in [-0.39, 0.29) is 12.1 Å². The molecule has 1 saturated heterocycles. The van der Waals surface area contributed by atoms with Gasteiger partial charge in [-0.25, -0.2) is 24.7 Å². The van der Waals surface area contributed by atoms with Crippen molar-refractivity contribution >= 4 is 28.6 Å². The van der Waals surface area contributed by atoms with E-state index in [4.69, 9.17) is 5.73 Å². The smallest absolute Gasteiger partial charge is 0.358 e. The highest BCUT2D eigenvalue weighted by Crippen LogP contribution is 2.37. The van der Waals surface area contributed by atoms with Crippen LogP contribution in [-0.2, 0) is 10.3 Å². The van der Waals surface area contributed by atoms with Crippen molar-refractivity contribution in [1.82, 2.24) is 34.7 Å². The molecule has 32 heavy (non-hydrogen) atoms. The van der Waals surface area contributed by atoms with Crippen LogP contribution in [0.5, 0.6) is 0 Å². The lowest BCUT2D eigenvalue weighted by atomic mass is 9.87. The van der Waals surface area contributed by atoms with Gasteiger partial charge >= 0.3 is 5.97 Å². The summed E-state index contributed by atoms with van der Waals surface area (Å²) in [5.74, 6) is 0.368. The third-order valence-corrected chi connectivity index (χ3v) is 5.57. The molecule has 4 aromatic heterocycles. The summed E-state index contributed by atoms with van der Waals surface area (Å²) in [6, 6.07) is 4.13. The Morgan fingerprint density at radius 2 is 2.16 bits per heavy atom. The fraction of sp³-hybridized carbons (Fsp3) is 0.250. The van der Waals surface area contributed by atoms with Crippen LogP contribution in [0, 0.1) is 11.3 Å². The van der Waals surface area contributed by atoms with Gasteiger partial charge in [0.1, 0.15) is 23.3 Å². The highest BCUT2D eigenvalue weighted by atomic mass is 16.5. The van der Waals surface area contributed by atoms with Crippen LogP contribution in [0.3, 0.4) is 0 Å². The van der Waals surface area contributed by atoms with E-state index in [0.29, 0.717) is 41.6 Å². The van der Waals surface area contributed by atoms with E-state index in [9.17, 15) is 10.1 Å². The van der Waals surface area contributed by atoms with Crippen molar-refractivity contribution in [1.29, 1.82) is 5.26 Å². The fourth-order valence-electron chi connectivity index (χ4n) is 3.91. The standard InChI is InChI=1S/C20H18N10O2/c1-32-19(31)14-6-25-15(7-24-14)29-9-20(10-29,3-4-21)30-8-13(17(22)28-30)16-12-2-5-23-18(12)27-11-26-16/h2,5-8,11H,3,9-10H2,1H3,(H2,22,28)(H,23,26,27). The van der Waals surface area contributed by atoms with Gasteiger partial charge in [0.25, 0.3) is 0 Å². The van der Waals surface area contributed by atoms with Crippen molar-refractivity contribution in [2.45, 2.75) is 12.0 Å². The van der Waals surface area contributed by atoms with E-state index in [1.807, 2.05) is 17.2 Å². The summed E-state index contributed by atoms with van der Waals surface area (Å²) < 4.78 is 6.39. The number of H-pyrrole nitrogens is 1. The van der Waals surface area contributed by atoms with E-state index < -0.39 is 11.5 Å². The number of carbonyl (C=O) groups excluding carboxylic acids is 1. The molecule has 0 amide bonds. The molecule has 0 aromatic carbocycles. The number of hydrogen-bond acceptors (Lipinski definition) is 10. The highest BCUT2D eigenvalue weighted by molar-refractivity contribution is 5.93. The molecule has 0 bridgehead atoms. The molecule has 0 radical (unpaired) electrons. The highest BCUT2D eigenvalue weighted by Gasteiger charge is 2.46. The van der Waals surface area contributed by atoms with Crippen LogP contribution in [0.2, 0.25) is 0 Å². The quantitative estimate of drug-likeness (QED) is 0.438. The number of nitrogen functional groups attached to an aromatic ring is 1. The lowest BCUT2D eigenvalue weighted by Gasteiger charge is -2.49. The Labute approximate surface area is 181 Å². The van der Waals surface area contributed by atoms with Gasteiger partial charge in [0.15, 0.2) is 11.5 Å². The number of carbonyl (C=O) groups is 1. The molecule has 12 heteroatoms.